The van der Waals surface area contributed by atoms with Crippen LogP contribution in [0.1, 0.15) is 58.3 Å². The third kappa shape index (κ3) is 8.81. The summed E-state index contributed by atoms with van der Waals surface area (Å²) in [5.41, 5.74) is 0. The predicted octanol–water partition coefficient (Wildman–Crippen LogP) is 2.42. The molecule has 2 aliphatic carbocycles. The average Bonchev–Trinajstić information content (AvgIpc) is 2.55. The van der Waals surface area contributed by atoms with Gasteiger partial charge in [0.1, 0.15) is 5.78 Å². The van der Waals surface area contributed by atoms with Crippen LogP contribution in [-0.4, -0.2) is 39.0 Å². The van der Waals surface area contributed by atoms with Crippen LogP contribution in [0.5, 0.6) is 0 Å². The third-order valence-electron chi connectivity index (χ3n) is 4.98. The van der Waals surface area contributed by atoms with Crippen molar-refractivity contribution in [1.82, 2.24) is 0 Å². The van der Waals surface area contributed by atoms with Gasteiger partial charge in [0.25, 0.3) is 0 Å². The van der Waals surface area contributed by atoms with Crippen molar-refractivity contribution in [3.63, 3.8) is 0 Å². The van der Waals surface area contributed by atoms with E-state index in [1.165, 1.54) is 6.92 Å². The minimum atomic E-state index is -0.860. The minimum absolute atomic E-state index is 0. The van der Waals surface area contributed by atoms with E-state index in [0.29, 0.717) is 32.1 Å². The molecular formula is C17H26O7Zn2+4. The molecular weight excluding hydrogens is 447 g/mol. The topological polar surface area (TPSA) is 129 Å². The molecule has 4 unspecified atom stereocenters. The number of carbonyl (C=O) groups excluding carboxylic acids is 1. The molecule has 2 saturated carbocycles. The molecule has 26 heavy (non-hydrogen) atoms. The first-order valence-corrected chi connectivity index (χ1v) is 8.42. The van der Waals surface area contributed by atoms with E-state index in [2.05, 4.69) is 0 Å². The number of carbonyl (C=O) groups is 4. The molecule has 2 fully saturated rings. The summed E-state index contributed by atoms with van der Waals surface area (Å²) in [4.78, 5) is 42.8. The largest absolute Gasteiger partial charge is 2.00 e. The molecule has 9 heteroatoms. The predicted molar refractivity (Wildman–Crippen MR) is 84.5 cm³/mol. The minimum Gasteiger partial charge on any atom is -0.481 e. The first-order chi connectivity index (χ1) is 11.2. The van der Waals surface area contributed by atoms with Crippen molar-refractivity contribution in [3.05, 3.63) is 0 Å². The molecule has 3 N–H and O–H groups in total. The molecule has 0 radical (unpaired) electrons. The van der Waals surface area contributed by atoms with Gasteiger partial charge in [0.15, 0.2) is 0 Å². The Hall–Kier alpha value is -0.673. The second-order valence-corrected chi connectivity index (χ2v) is 6.68. The van der Waals surface area contributed by atoms with Crippen molar-refractivity contribution in [2.75, 3.05) is 0 Å². The van der Waals surface area contributed by atoms with Crippen molar-refractivity contribution in [3.8, 4) is 0 Å². The first kappa shape index (κ1) is 27.5. The van der Waals surface area contributed by atoms with Crippen LogP contribution < -0.4 is 0 Å². The van der Waals surface area contributed by atoms with Crippen molar-refractivity contribution in [1.29, 1.82) is 0 Å². The summed E-state index contributed by atoms with van der Waals surface area (Å²) in [5.74, 6) is -4.04. The van der Waals surface area contributed by atoms with E-state index in [-0.39, 0.29) is 50.7 Å². The summed E-state index contributed by atoms with van der Waals surface area (Å²) in [6.07, 6.45) is 5.62. The summed E-state index contributed by atoms with van der Waals surface area (Å²) in [7, 11) is 0. The van der Waals surface area contributed by atoms with Crippen LogP contribution in [0.2, 0.25) is 0 Å². The molecule has 0 saturated heterocycles. The van der Waals surface area contributed by atoms with Crippen LogP contribution in [0.15, 0.2) is 0 Å². The summed E-state index contributed by atoms with van der Waals surface area (Å²) in [6, 6.07) is 0. The Kier molecular flexibility index (Phi) is 14.3. The van der Waals surface area contributed by atoms with Crippen LogP contribution >= 0.6 is 0 Å². The van der Waals surface area contributed by atoms with Gasteiger partial charge >= 0.3 is 56.9 Å². The van der Waals surface area contributed by atoms with Crippen molar-refractivity contribution in [2.45, 2.75) is 58.3 Å². The number of carboxylic acid groups (broad SMARTS) is 3. The van der Waals surface area contributed by atoms with Gasteiger partial charge in [0.05, 0.1) is 17.8 Å². The molecule has 0 spiro atoms. The first-order valence-electron chi connectivity index (χ1n) is 8.42. The Balaban J connectivity index is 0. The Morgan fingerprint density at radius 3 is 1.38 bits per heavy atom. The maximum Gasteiger partial charge on any atom is 2.00 e. The number of ketones is 1. The Bertz CT molecular complexity index is 454. The zero-order chi connectivity index (χ0) is 18.3. The van der Waals surface area contributed by atoms with Gasteiger partial charge in [-0.1, -0.05) is 19.3 Å². The smallest absolute Gasteiger partial charge is 0.481 e. The maximum atomic E-state index is 11.1. The van der Waals surface area contributed by atoms with Crippen LogP contribution in [0.4, 0.5) is 0 Å². The number of carboxylic acids is 3. The molecule has 0 aromatic rings. The Morgan fingerprint density at radius 2 is 1.08 bits per heavy atom. The molecule has 7 nitrogen and oxygen atoms in total. The maximum absolute atomic E-state index is 11.1. The zero-order valence-electron chi connectivity index (χ0n) is 15.4. The molecule has 0 bridgehead atoms. The zero-order valence-corrected chi connectivity index (χ0v) is 21.3. The number of Topliss-reactive ketones (excluding diaryl/α,β-unsaturated/α-hetero) is 1. The Labute approximate surface area is 178 Å². The van der Waals surface area contributed by atoms with Crippen molar-refractivity contribution >= 4 is 23.7 Å². The molecule has 2 rings (SSSR count). The molecule has 0 heterocycles. The summed E-state index contributed by atoms with van der Waals surface area (Å²) >= 11 is 0. The van der Waals surface area contributed by atoms with Crippen molar-refractivity contribution in [2.24, 2.45) is 23.7 Å². The summed E-state index contributed by atoms with van der Waals surface area (Å²) < 4.78 is 0. The van der Waals surface area contributed by atoms with E-state index in [0.717, 1.165) is 19.3 Å². The monoisotopic (exact) mass is 470 g/mol. The fourth-order valence-electron chi connectivity index (χ4n) is 3.55. The van der Waals surface area contributed by atoms with Gasteiger partial charge in [-0.15, -0.1) is 0 Å². The number of aliphatic carboxylic acids is 3. The molecule has 4 atom stereocenters. The molecule has 136 valence electrons. The van der Waals surface area contributed by atoms with Gasteiger partial charge in [-0.2, -0.15) is 0 Å². The molecule has 0 amide bonds. The van der Waals surface area contributed by atoms with Gasteiger partial charge in [0, 0.05) is 5.92 Å². The van der Waals surface area contributed by atoms with Gasteiger partial charge < -0.3 is 15.3 Å². The average molecular weight is 473 g/mol. The van der Waals surface area contributed by atoms with Crippen LogP contribution in [0, 0.1) is 23.7 Å². The normalized spacial score (nSPS) is 27.4. The van der Waals surface area contributed by atoms with Crippen LogP contribution in [-0.2, 0) is 58.1 Å². The Morgan fingerprint density at radius 1 is 0.654 bits per heavy atom. The fraction of sp³-hybridized carbons (Fsp3) is 0.765. The fourth-order valence-corrected chi connectivity index (χ4v) is 3.55. The standard InChI is InChI=1S/C9H14O3.C8H12O4.2Zn/c1-6(10)7-4-2-3-5-8(7)9(11)12;9-7(10)5-2-1-3-6(4-5)8(11)12;;/h7-8H,2-5H2,1H3,(H,11,12);5-6H,1-4H2,(H,9,10)(H,11,12);;/q;;2*+2. The van der Waals surface area contributed by atoms with E-state index in [1.807, 2.05) is 0 Å². The van der Waals surface area contributed by atoms with E-state index >= 15 is 0 Å². The molecule has 0 aromatic heterocycles. The van der Waals surface area contributed by atoms with E-state index in [4.69, 9.17) is 15.3 Å². The molecule has 0 aromatic carbocycles. The van der Waals surface area contributed by atoms with Crippen molar-refractivity contribution < 1.29 is 73.5 Å². The summed E-state index contributed by atoms with van der Waals surface area (Å²) in [6.45, 7) is 1.49. The van der Waals surface area contributed by atoms with Crippen LogP contribution in [0.25, 0.3) is 0 Å². The van der Waals surface area contributed by atoms with Crippen LogP contribution in [0.3, 0.4) is 0 Å². The third-order valence-corrected chi connectivity index (χ3v) is 4.98. The van der Waals surface area contributed by atoms with Gasteiger partial charge in [-0.3, -0.25) is 19.2 Å². The number of hydrogen-bond donors (Lipinski definition) is 3. The SMILES string of the molecule is CC(=O)C1CCCCC1C(=O)O.O=C(O)C1CCCC(C(=O)O)C1.[Zn+2].[Zn+2]. The van der Waals surface area contributed by atoms with E-state index in [1.54, 1.807) is 0 Å². The number of rotatable bonds is 4. The molecule has 2 aliphatic rings. The molecule has 0 aliphatic heterocycles. The van der Waals surface area contributed by atoms with Gasteiger partial charge in [-0.25, -0.2) is 0 Å². The summed E-state index contributed by atoms with van der Waals surface area (Å²) in [5, 5.41) is 26.1. The van der Waals surface area contributed by atoms with E-state index in [9.17, 15) is 19.2 Å². The number of hydrogen-bond acceptors (Lipinski definition) is 4. The van der Waals surface area contributed by atoms with Gasteiger partial charge in [0.2, 0.25) is 0 Å². The second-order valence-electron chi connectivity index (χ2n) is 6.68. The quantitative estimate of drug-likeness (QED) is 0.535. The van der Waals surface area contributed by atoms with E-state index < -0.39 is 35.7 Å². The van der Waals surface area contributed by atoms with Gasteiger partial charge in [-0.05, 0) is 39.0 Å². The second kappa shape index (κ2) is 13.5.